The lowest BCUT2D eigenvalue weighted by atomic mass is 10.5. The van der Waals surface area contributed by atoms with Gasteiger partial charge in [-0.25, -0.2) is 4.98 Å². The molecule has 0 aliphatic heterocycles. The van der Waals surface area contributed by atoms with E-state index in [1.807, 2.05) is 24.0 Å². The maximum absolute atomic E-state index is 4.23. The molecular weight excluding hydrogens is 295 g/mol. The van der Waals surface area contributed by atoms with Crippen LogP contribution in [-0.2, 0) is 0 Å². The fourth-order valence-corrected chi connectivity index (χ4v) is 2.10. The van der Waals surface area contributed by atoms with Crippen LogP contribution in [0.4, 0.5) is 0 Å². The van der Waals surface area contributed by atoms with E-state index in [4.69, 9.17) is 0 Å². The third-order valence-electron chi connectivity index (χ3n) is 1.51. The second-order valence-corrected chi connectivity index (χ2v) is 5.24. The second-order valence-electron chi connectivity index (χ2n) is 2.97. The summed E-state index contributed by atoms with van der Waals surface area (Å²) in [4.78, 5) is 7.67. The van der Waals surface area contributed by atoms with E-state index in [9.17, 15) is 0 Å². The molecule has 4 heteroatoms. The molecule has 0 unspecified atom stereocenters. The molecule has 0 radical (unpaired) electrons. The highest BCUT2D eigenvalue weighted by Crippen LogP contribution is 2.16. The van der Waals surface area contributed by atoms with Gasteiger partial charge in [-0.05, 0) is 48.8 Å². The SMILES string of the molecule is CN(C)CCSc1ccc(I)nc1. The molecule has 1 aromatic heterocycles. The molecule has 0 amide bonds. The lowest BCUT2D eigenvalue weighted by molar-refractivity contribution is 0.437. The van der Waals surface area contributed by atoms with Gasteiger partial charge < -0.3 is 4.90 Å². The first-order valence-electron chi connectivity index (χ1n) is 4.07. The van der Waals surface area contributed by atoms with Crippen molar-refractivity contribution in [2.45, 2.75) is 4.90 Å². The number of nitrogens with zero attached hydrogens (tertiary/aromatic N) is 2. The minimum absolute atomic E-state index is 1.05. The fraction of sp³-hybridized carbons (Fsp3) is 0.444. The molecule has 0 aromatic carbocycles. The van der Waals surface area contributed by atoms with Crippen molar-refractivity contribution in [3.8, 4) is 0 Å². The van der Waals surface area contributed by atoms with Crippen molar-refractivity contribution in [3.05, 3.63) is 22.0 Å². The Labute approximate surface area is 97.3 Å². The highest BCUT2D eigenvalue weighted by Gasteiger charge is 1.95. The zero-order chi connectivity index (χ0) is 9.68. The van der Waals surface area contributed by atoms with Gasteiger partial charge in [0.15, 0.2) is 0 Å². The minimum Gasteiger partial charge on any atom is -0.309 e. The number of halogens is 1. The van der Waals surface area contributed by atoms with Crippen LogP contribution >= 0.6 is 34.4 Å². The van der Waals surface area contributed by atoms with E-state index in [0.29, 0.717) is 0 Å². The topological polar surface area (TPSA) is 16.1 Å². The van der Waals surface area contributed by atoms with Gasteiger partial charge in [-0.2, -0.15) is 0 Å². The first kappa shape index (κ1) is 11.3. The molecule has 0 atom stereocenters. The van der Waals surface area contributed by atoms with Crippen LogP contribution in [-0.4, -0.2) is 36.3 Å². The first-order chi connectivity index (χ1) is 6.18. The number of hydrogen-bond donors (Lipinski definition) is 0. The Morgan fingerprint density at radius 2 is 2.23 bits per heavy atom. The number of rotatable bonds is 4. The Bertz CT molecular complexity index is 248. The van der Waals surface area contributed by atoms with Crippen LogP contribution in [0.1, 0.15) is 0 Å². The lowest BCUT2D eigenvalue weighted by Crippen LogP contribution is -2.14. The summed E-state index contributed by atoms with van der Waals surface area (Å²) in [5.74, 6) is 1.12. The molecule has 0 aliphatic rings. The average Bonchev–Trinajstić information content (AvgIpc) is 2.08. The van der Waals surface area contributed by atoms with Gasteiger partial charge in [-0.1, -0.05) is 0 Å². The van der Waals surface area contributed by atoms with Crippen molar-refractivity contribution in [2.24, 2.45) is 0 Å². The zero-order valence-electron chi connectivity index (χ0n) is 7.83. The Balaban J connectivity index is 2.33. The Hall–Kier alpha value is 0.190. The molecule has 0 N–H and O–H groups in total. The quantitative estimate of drug-likeness (QED) is 0.482. The second kappa shape index (κ2) is 5.82. The van der Waals surface area contributed by atoms with Gasteiger partial charge in [0.1, 0.15) is 3.70 Å². The molecule has 0 spiro atoms. The van der Waals surface area contributed by atoms with Gasteiger partial charge in [0, 0.05) is 23.4 Å². The molecule has 0 bridgehead atoms. The smallest absolute Gasteiger partial charge is 0.101 e. The van der Waals surface area contributed by atoms with E-state index in [-0.39, 0.29) is 0 Å². The number of pyridine rings is 1. The predicted octanol–water partition coefficient (Wildman–Crippen LogP) is 2.34. The molecular formula is C9H13IN2S. The van der Waals surface area contributed by atoms with Crippen molar-refractivity contribution >= 4 is 34.4 Å². The molecule has 0 aliphatic carbocycles. The van der Waals surface area contributed by atoms with Crippen LogP contribution in [0.5, 0.6) is 0 Å². The third-order valence-corrected chi connectivity index (χ3v) is 3.11. The Morgan fingerprint density at radius 3 is 2.77 bits per heavy atom. The predicted molar refractivity (Wildman–Crippen MR) is 66.2 cm³/mol. The standard InChI is InChI=1S/C9H13IN2S/c1-12(2)5-6-13-8-3-4-9(10)11-7-8/h3-4,7H,5-6H2,1-2H3. The van der Waals surface area contributed by atoms with Gasteiger partial charge in [-0.3, -0.25) is 0 Å². The van der Waals surface area contributed by atoms with Gasteiger partial charge in [0.25, 0.3) is 0 Å². The van der Waals surface area contributed by atoms with E-state index < -0.39 is 0 Å². The molecule has 0 saturated carbocycles. The summed E-state index contributed by atoms with van der Waals surface area (Å²) in [6.45, 7) is 1.11. The first-order valence-corrected chi connectivity index (χ1v) is 6.14. The molecule has 1 rings (SSSR count). The van der Waals surface area contributed by atoms with Crippen LogP contribution in [0.3, 0.4) is 0 Å². The third kappa shape index (κ3) is 4.83. The summed E-state index contributed by atoms with van der Waals surface area (Å²) >= 11 is 4.07. The molecule has 1 heterocycles. The van der Waals surface area contributed by atoms with Gasteiger partial charge in [0.2, 0.25) is 0 Å². The fourth-order valence-electron chi connectivity index (χ4n) is 0.794. The number of thioether (sulfide) groups is 1. The molecule has 13 heavy (non-hydrogen) atoms. The summed E-state index contributed by atoms with van der Waals surface area (Å²) in [6, 6.07) is 4.16. The van der Waals surface area contributed by atoms with E-state index in [1.54, 1.807) is 0 Å². The molecule has 0 saturated heterocycles. The van der Waals surface area contributed by atoms with Crippen molar-refractivity contribution < 1.29 is 0 Å². The molecule has 72 valence electrons. The maximum Gasteiger partial charge on any atom is 0.101 e. The van der Waals surface area contributed by atoms with Crippen molar-refractivity contribution in [3.63, 3.8) is 0 Å². The summed E-state index contributed by atoms with van der Waals surface area (Å²) in [5, 5.41) is 0. The van der Waals surface area contributed by atoms with Crippen LogP contribution in [0, 0.1) is 3.70 Å². The van der Waals surface area contributed by atoms with Crippen molar-refractivity contribution in [1.29, 1.82) is 0 Å². The van der Waals surface area contributed by atoms with Crippen molar-refractivity contribution in [1.82, 2.24) is 9.88 Å². The van der Waals surface area contributed by atoms with Crippen LogP contribution < -0.4 is 0 Å². The van der Waals surface area contributed by atoms with Gasteiger partial charge >= 0.3 is 0 Å². The zero-order valence-corrected chi connectivity index (χ0v) is 10.8. The van der Waals surface area contributed by atoms with E-state index in [2.05, 4.69) is 52.6 Å². The summed E-state index contributed by atoms with van der Waals surface area (Å²) in [6.07, 6.45) is 1.93. The summed E-state index contributed by atoms with van der Waals surface area (Å²) < 4.78 is 1.05. The average molecular weight is 308 g/mol. The molecule has 0 fully saturated rings. The number of aromatic nitrogens is 1. The Morgan fingerprint density at radius 1 is 1.46 bits per heavy atom. The van der Waals surface area contributed by atoms with Crippen LogP contribution in [0.25, 0.3) is 0 Å². The van der Waals surface area contributed by atoms with Crippen LogP contribution in [0.2, 0.25) is 0 Å². The van der Waals surface area contributed by atoms with Gasteiger partial charge in [0.05, 0.1) is 0 Å². The molecule has 2 nitrogen and oxygen atoms in total. The number of hydrogen-bond acceptors (Lipinski definition) is 3. The maximum atomic E-state index is 4.23. The van der Waals surface area contributed by atoms with Crippen molar-refractivity contribution in [2.75, 3.05) is 26.4 Å². The van der Waals surface area contributed by atoms with Crippen LogP contribution in [0.15, 0.2) is 23.2 Å². The monoisotopic (exact) mass is 308 g/mol. The summed E-state index contributed by atoms with van der Waals surface area (Å²) in [7, 11) is 4.18. The van der Waals surface area contributed by atoms with Gasteiger partial charge in [-0.15, -0.1) is 11.8 Å². The largest absolute Gasteiger partial charge is 0.309 e. The van der Waals surface area contributed by atoms with E-state index in [1.165, 1.54) is 4.90 Å². The normalized spacial score (nSPS) is 10.8. The molecule has 1 aromatic rings. The highest BCUT2D eigenvalue weighted by atomic mass is 127. The lowest BCUT2D eigenvalue weighted by Gasteiger charge is -2.08. The highest BCUT2D eigenvalue weighted by molar-refractivity contribution is 14.1. The Kier molecular flexibility index (Phi) is 5.05. The van der Waals surface area contributed by atoms with E-state index >= 15 is 0 Å². The summed E-state index contributed by atoms with van der Waals surface area (Å²) in [5.41, 5.74) is 0. The van der Waals surface area contributed by atoms with E-state index in [0.717, 1.165) is 16.0 Å². The minimum atomic E-state index is 1.05.